The molecule has 1 aliphatic carbocycles. The molecule has 118 valence electrons. The Hall–Kier alpha value is -1.50. The van der Waals surface area contributed by atoms with Crippen LogP contribution in [0.25, 0.3) is 10.6 Å². The molecule has 1 aromatic heterocycles. The van der Waals surface area contributed by atoms with E-state index in [1.807, 2.05) is 30.3 Å². The van der Waals surface area contributed by atoms with Gasteiger partial charge >= 0.3 is 0 Å². The average molecular weight is 339 g/mol. The van der Waals surface area contributed by atoms with Gasteiger partial charge in [-0.05, 0) is 12.8 Å². The molecule has 0 saturated heterocycles. The van der Waals surface area contributed by atoms with E-state index in [1.54, 1.807) is 0 Å². The van der Waals surface area contributed by atoms with Crippen molar-refractivity contribution < 1.29 is 4.79 Å². The van der Waals surface area contributed by atoms with Crippen molar-refractivity contribution in [3.63, 3.8) is 0 Å². The lowest BCUT2D eigenvalue weighted by Gasteiger charge is -2.21. The zero-order valence-corrected chi connectivity index (χ0v) is 13.8. The third kappa shape index (κ3) is 3.63. The van der Waals surface area contributed by atoms with E-state index >= 15 is 0 Å². The minimum atomic E-state index is -0.688. The molecule has 0 aliphatic heterocycles. The van der Waals surface area contributed by atoms with Gasteiger partial charge in [-0.1, -0.05) is 54.5 Å². The Bertz CT molecular complexity index is 625. The molecule has 0 atom stereocenters. The van der Waals surface area contributed by atoms with Gasteiger partial charge in [-0.3, -0.25) is 4.79 Å². The van der Waals surface area contributed by atoms with E-state index in [2.05, 4.69) is 15.5 Å². The number of benzene rings is 1. The molecule has 1 aromatic carbocycles. The van der Waals surface area contributed by atoms with Gasteiger partial charge in [-0.2, -0.15) is 0 Å². The number of carbonyl (C=O) groups excluding carboxylic acids is 1. The van der Waals surface area contributed by atoms with Crippen LogP contribution in [0.15, 0.2) is 30.3 Å². The highest BCUT2D eigenvalue weighted by Gasteiger charge is 2.36. The van der Waals surface area contributed by atoms with Crippen LogP contribution in [0, 0.1) is 0 Å². The lowest BCUT2D eigenvalue weighted by atomic mass is 9.98. The summed E-state index contributed by atoms with van der Waals surface area (Å²) in [6.07, 6.45) is 3.59. The standard InChI is InChI=1S/C15H18N4OS.ClH/c16-15(8-4-5-9-15)14(20)17-10-12-18-19-13(21-12)11-6-2-1-3-7-11;/h1-3,6-7H,4-5,8-10,16H2,(H,17,20);1H. The number of amides is 1. The van der Waals surface area contributed by atoms with Crippen LogP contribution in [0.5, 0.6) is 0 Å². The van der Waals surface area contributed by atoms with E-state index in [4.69, 9.17) is 5.73 Å². The van der Waals surface area contributed by atoms with Crippen molar-refractivity contribution in [1.29, 1.82) is 0 Å². The minimum Gasteiger partial charge on any atom is -0.348 e. The van der Waals surface area contributed by atoms with Crippen molar-refractivity contribution >= 4 is 29.7 Å². The van der Waals surface area contributed by atoms with Gasteiger partial charge in [-0.25, -0.2) is 0 Å². The van der Waals surface area contributed by atoms with Gasteiger partial charge in [0, 0.05) is 5.56 Å². The second-order valence-corrected chi connectivity index (χ2v) is 6.47. The van der Waals surface area contributed by atoms with Crippen LogP contribution in [-0.4, -0.2) is 21.6 Å². The second-order valence-electron chi connectivity index (χ2n) is 5.41. The predicted molar refractivity (Wildman–Crippen MR) is 89.8 cm³/mol. The minimum absolute atomic E-state index is 0. The summed E-state index contributed by atoms with van der Waals surface area (Å²) in [5.74, 6) is -0.0727. The van der Waals surface area contributed by atoms with E-state index in [-0.39, 0.29) is 18.3 Å². The lowest BCUT2D eigenvalue weighted by molar-refractivity contribution is -0.126. The molecule has 3 N–H and O–H groups in total. The number of nitrogens with one attached hydrogen (secondary N) is 1. The molecule has 1 heterocycles. The molecular weight excluding hydrogens is 320 g/mol. The van der Waals surface area contributed by atoms with Gasteiger partial charge < -0.3 is 11.1 Å². The summed E-state index contributed by atoms with van der Waals surface area (Å²) >= 11 is 1.49. The molecule has 1 amide bonds. The Morgan fingerprint density at radius 1 is 1.23 bits per heavy atom. The Morgan fingerprint density at radius 2 is 1.91 bits per heavy atom. The summed E-state index contributed by atoms with van der Waals surface area (Å²) < 4.78 is 0. The van der Waals surface area contributed by atoms with Crippen LogP contribution in [0.4, 0.5) is 0 Å². The number of hydrogen-bond donors (Lipinski definition) is 2. The SMILES string of the molecule is Cl.NC1(C(=O)NCc2nnc(-c3ccccc3)s2)CCCC1. The molecule has 0 bridgehead atoms. The molecule has 5 nitrogen and oxygen atoms in total. The third-order valence-electron chi connectivity index (χ3n) is 3.84. The topological polar surface area (TPSA) is 80.9 Å². The fraction of sp³-hybridized carbons (Fsp3) is 0.400. The van der Waals surface area contributed by atoms with Crippen molar-refractivity contribution in [3.05, 3.63) is 35.3 Å². The predicted octanol–water partition coefficient (Wildman–Crippen LogP) is 2.51. The summed E-state index contributed by atoms with van der Waals surface area (Å²) in [4.78, 5) is 12.1. The first-order valence-corrected chi connectivity index (χ1v) is 7.94. The summed E-state index contributed by atoms with van der Waals surface area (Å²) in [7, 11) is 0. The quantitative estimate of drug-likeness (QED) is 0.897. The van der Waals surface area contributed by atoms with Gasteiger partial charge in [0.1, 0.15) is 10.0 Å². The monoisotopic (exact) mass is 338 g/mol. The van der Waals surface area contributed by atoms with E-state index in [1.165, 1.54) is 11.3 Å². The number of rotatable bonds is 4. The van der Waals surface area contributed by atoms with Crippen LogP contribution in [0.3, 0.4) is 0 Å². The largest absolute Gasteiger partial charge is 0.348 e. The van der Waals surface area contributed by atoms with Crippen molar-refractivity contribution in [2.75, 3.05) is 0 Å². The number of halogens is 1. The molecule has 0 radical (unpaired) electrons. The highest BCUT2D eigenvalue weighted by Crippen LogP contribution is 2.27. The van der Waals surface area contributed by atoms with E-state index in [9.17, 15) is 4.79 Å². The van der Waals surface area contributed by atoms with Crippen LogP contribution in [0.2, 0.25) is 0 Å². The van der Waals surface area contributed by atoms with E-state index < -0.39 is 5.54 Å². The first-order valence-electron chi connectivity index (χ1n) is 7.12. The van der Waals surface area contributed by atoms with Crippen LogP contribution < -0.4 is 11.1 Å². The first-order chi connectivity index (χ1) is 10.2. The van der Waals surface area contributed by atoms with Gasteiger partial charge in [0.15, 0.2) is 0 Å². The Labute approximate surface area is 139 Å². The lowest BCUT2D eigenvalue weighted by Crippen LogP contribution is -2.51. The second kappa shape index (κ2) is 7.17. The Morgan fingerprint density at radius 3 is 2.59 bits per heavy atom. The summed E-state index contributed by atoms with van der Waals surface area (Å²) in [6.45, 7) is 0.391. The van der Waals surface area contributed by atoms with Crippen molar-refractivity contribution in [3.8, 4) is 10.6 Å². The molecule has 1 aliphatic rings. The van der Waals surface area contributed by atoms with Crippen molar-refractivity contribution in [2.45, 2.75) is 37.8 Å². The van der Waals surface area contributed by atoms with Crippen LogP contribution >= 0.6 is 23.7 Å². The maximum Gasteiger partial charge on any atom is 0.240 e. The summed E-state index contributed by atoms with van der Waals surface area (Å²) in [5.41, 5.74) is 6.47. The van der Waals surface area contributed by atoms with Gasteiger partial charge in [0.2, 0.25) is 5.91 Å². The number of hydrogen-bond acceptors (Lipinski definition) is 5. The molecule has 3 rings (SSSR count). The van der Waals surface area contributed by atoms with Gasteiger partial charge in [0.05, 0.1) is 12.1 Å². The zero-order chi connectivity index (χ0) is 14.7. The normalized spacial score (nSPS) is 16.0. The maximum absolute atomic E-state index is 12.1. The van der Waals surface area contributed by atoms with Crippen LogP contribution in [0.1, 0.15) is 30.7 Å². The fourth-order valence-electron chi connectivity index (χ4n) is 2.59. The first kappa shape index (κ1) is 16.9. The number of carbonyl (C=O) groups is 1. The third-order valence-corrected chi connectivity index (χ3v) is 4.81. The molecule has 2 aromatic rings. The highest BCUT2D eigenvalue weighted by molar-refractivity contribution is 7.14. The van der Waals surface area contributed by atoms with Crippen molar-refractivity contribution in [1.82, 2.24) is 15.5 Å². The number of nitrogens with zero attached hydrogens (tertiary/aromatic N) is 2. The molecule has 1 saturated carbocycles. The maximum atomic E-state index is 12.1. The average Bonchev–Trinajstić information content (AvgIpc) is 3.15. The number of aromatic nitrogens is 2. The Balaban J connectivity index is 0.00000176. The van der Waals surface area contributed by atoms with E-state index in [0.717, 1.165) is 41.3 Å². The summed E-state index contributed by atoms with van der Waals surface area (Å²) in [6, 6.07) is 9.90. The number of nitrogens with two attached hydrogens (primary N) is 1. The fourth-order valence-corrected chi connectivity index (χ4v) is 3.37. The van der Waals surface area contributed by atoms with Crippen molar-refractivity contribution in [2.24, 2.45) is 5.73 Å². The van der Waals surface area contributed by atoms with Crippen LogP contribution in [-0.2, 0) is 11.3 Å². The molecular formula is C15H19ClN4OS. The van der Waals surface area contributed by atoms with Gasteiger partial charge in [0.25, 0.3) is 0 Å². The molecule has 22 heavy (non-hydrogen) atoms. The highest BCUT2D eigenvalue weighted by atomic mass is 35.5. The molecule has 0 spiro atoms. The smallest absolute Gasteiger partial charge is 0.240 e. The van der Waals surface area contributed by atoms with E-state index in [0.29, 0.717) is 6.54 Å². The Kier molecular flexibility index (Phi) is 5.50. The molecule has 7 heteroatoms. The molecule has 1 fully saturated rings. The van der Waals surface area contributed by atoms with Gasteiger partial charge in [-0.15, -0.1) is 22.6 Å². The zero-order valence-electron chi connectivity index (χ0n) is 12.1. The molecule has 0 unspecified atom stereocenters. The summed E-state index contributed by atoms with van der Waals surface area (Å²) in [5, 5.41) is 12.8.